The molecule has 0 saturated carbocycles. The van der Waals surface area contributed by atoms with Gasteiger partial charge in [0.05, 0.1) is 4.47 Å². The molecule has 2 aromatic rings. The minimum atomic E-state index is -0.352. The van der Waals surface area contributed by atoms with Crippen molar-refractivity contribution < 1.29 is 13.5 Å². The third-order valence-electron chi connectivity index (χ3n) is 2.23. The zero-order chi connectivity index (χ0) is 12.3. The molecule has 0 amide bonds. The molecule has 0 aliphatic carbocycles. The van der Waals surface area contributed by atoms with Gasteiger partial charge in [-0.25, -0.2) is 8.78 Å². The zero-order valence-corrected chi connectivity index (χ0v) is 10.4. The summed E-state index contributed by atoms with van der Waals surface area (Å²) < 4.78 is 32.0. The molecular weight excluding hydrogens is 290 g/mol. The van der Waals surface area contributed by atoms with Gasteiger partial charge in [0, 0.05) is 5.56 Å². The van der Waals surface area contributed by atoms with Gasteiger partial charge in [0.15, 0.2) is 0 Å². The van der Waals surface area contributed by atoms with Crippen molar-refractivity contribution in [1.82, 2.24) is 0 Å². The Bertz CT molecular complexity index is 529. The van der Waals surface area contributed by atoms with Gasteiger partial charge in [0.25, 0.3) is 0 Å². The number of benzene rings is 2. The smallest absolute Gasteiger partial charge is 0.134 e. The van der Waals surface area contributed by atoms with E-state index in [1.54, 1.807) is 18.2 Å². The van der Waals surface area contributed by atoms with E-state index in [0.717, 1.165) is 0 Å². The van der Waals surface area contributed by atoms with Gasteiger partial charge in [0.2, 0.25) is 0 Å². The lowest BCUT2D eigenvalue weighted by Crippen LogP contribution is -1.98. The van der Waals surface area contributed by atoms with Crippen molar-refractivity contribution in [1.29, 1.82) is 0 Å². The van der Waals surface area contributed by atoms with Gasteiger partial charge >= 0.3 is 0 Å². The number of rotatable bonds is 3. The van der Waals surface area contributed by atoms with Crippen LogP contribution in [0.1, 0.15) is 5.56 Å². The Hall–Kier alpha value is -1.42. The van der Waals surface area contributed by atoms with Crippen molar-refractivity contribution in [2.24, 2.45) is 0 Å². The van der Waals surface area contributed by atoms with Crippen LogP contribution in [0.2, 0.25) is 0 Å². The second-order valence-corrected chi connectivity index (χ2v) is 4.31. The monoisotopic (exact) mass is 298 g/mol. The maximum absolute atomic E-state index is 13.3. The van der Waals surface area contributed by atoms with Crippen molar-refractivity contribution in [2.75, 3.05) is 0 Å². The van der Waals surface area contributed by atoms with Gasteiger partial charge in [-0.05, 0) is 40.2 Å². The molecule has 0 heterocycles. The molecule has 0 aliphatic rings. The van der Waals surface area contributed by atoms with Crippen LogP contribution in [0.5, 0.6) is 5.75 Å². The fraction of sp³-hybridized carbons (Fsp3) is 0.0769. The molecule has 17 heavy (non-hydrogen) atoms. The average Bonchev–Trinajstić information content (AvgIpc) is 2.30. The first kappa shape index (κ1) is 12.0. The second-order valence-electron chi connectivity index (χ2n) is 3.45. The van der Waals surface area contributed by atoms with E-state index in [4.69, 9.17) is 4.74 Å². The van der Waals surface area contributed by atoms with Gasteiger partial charge in [-0.3, -0.25) is 0 Å². The third kappa shape index (κ3) is 3.03. The van der Waals surface area contributed by atoms with E-state index < -0.39 is 0 Å². The van der Waals surface area contributed by atoms with Gasteiger partial charge < -0.3 is 4.74 Å². The van der Waals surface area contributed by atoms with Crippen LogP contribution in [0.3, 0.4) is 0 Å². The molecule has 0 spiro atoms. The molecule has 0 aliphatic heterocycles. The van der Waals surface area contributed by atoms with E-state index in [1.807, 2.05) is 0 Å². The predicted molar refractivity (Wildman–Crippen MR) is 64.8 cm³/mol. The minimum Gasteiger partial charge on any atom is -0.488 e. The molecular formula is C13H9BrF2O. The predicted octanol–water partition coefficient (Wildman–Crippen LogP) is 4.31. The Morgan fingerprint density at radius 3 is 2.53 bits per heavy atom. The lowest BCUT2D eigenvalue weighted by atomic mass is 10.2. The maximum Gasteiger partial charge on any atom is 0.134 e. The topological polar surface area (TPSA) is 9.23 Å². The molecule has 0 bridgehead atoms. The maximum atomic E-state index is 13.3. The van der Waals surface area contributed by atoms with Crippen molar-refractivity contribution in [3.05, 3.63) is 64.1 Å². The lowest BCUT2D eigenvalue weighted by Gasteiger charge is -2.08. The minimum absolute atomic E-state index is 0.108. The Balaban J connectivity index is 2.10. The summed E-state index contributed by atoms with van der Waals surface area (Å²) in [5.74, 6) is -0.185. The quantitative estimate of drug-likeness (QED) is 0.820. The molecule has 2 aromatic carbocycles. The summed E-state index contributed by atoms with van der Waals surface area (Å²) in [5, 5.41) is 0. The summed E-state index contributed by atoms with van der Waals surface area (Å²) in [7, 11) is 0. The Morgan fingerprint density at radius 1 is 1.06 bits per heavy atom. The summed E-state index contributed by atoms with van der Waals surface area (Å²) in [6.45, 7) is 0.108. The molecule has 0 unspecified atom stereocenters. The number of ether oxygens (including phenoxy) is 1. The third-order valence-corrected chi connectivity index (χ3v) is 2.85. The molecule has 1 nitrogen and oxygen atoms in total. The zero-order valence-electron chi connectivity index (χ0n) is 8.79. The molecule has 0 fully saturated rings. The SMILES string of the molecule is Fc1ccc(OCc2ccccc2F)c(Br)c1. The summed E-state index contributed by atoms with van der Waals surface area (Å²) >= 11 is 3.18. The molecule has 4 heteroatoms. The van der Waals surface area contributed by atoms with Gasteiger partial charge in [-0.1, -0.05) is 18.2 Å². The first-order valence-electron chi connectivity index (χ1n) is 4.98. The van der Waals surface area contributed by atoms with E-state index in [0.29, 0.717) is 15.8 Å². The van der Waals surface area contributed by atoms with Crippen LogP contribution in [-0.2, 0) is 6.61 Å². The molecule has 88 valence electrons. The van der Waals surface area contributed by atoms with Crippen LogP contribution < -0.4 is 4.74 Å². The second kappa shape index (κ2) is 5.27. The van der Waals surface area contributed by atoms with Crippen LogP contribution in [0.4, 0.5) is 8.78 Å². The fourth-order valence-corrected chi connectivity index (χ4v) is 1.83. The van der Waals surface area contributed by atoms with Crippen molar-refractivity contribution in [2.45, 2.75) is 6.61 Å². The normalized spacial score (nSPS) is 10.3. The number of hydrogen-bond donors (Lipinski definition) is 0. The van der Waals surface area contributed by atoms with Crippen molar-refractivity contribution in [3.8, 4) is 5.75 Å². The Morgan fingerprint density at radius 2 is 1.82 bits per heavy atom. The fourth-order valence-electron chi connectivity index (χ4n) is 1.36. The summed E-state index contributed by atoms with van der Waals surface area (Å²) in [6, 6.07) is 10.5. The molecule has 0 N–H and O–H groups in total. The largest absolute Gasteiger partial charge is 0.488 e. The summed E-state index contributed by atoms with van der Waals surface area (Å²) in [4.78, 5) is 0. The van der Waals surface area contributed by atoms with E-state index in [9.17, 15) is 8.78 Å². The van der Waals surface area contributed by atoms with Crippen molar-refractivity contribution >= 4 is 15.9 Å². The van der Waals surface area contributed by atoms with Crippen LogP contribution in [0, 0.1) is 11.6 Å². The van der Waals surface area contributed by atoms with E-state index in [-0.39, 0.29) is 18.2 Å². The summed E-state index contributed by atoms with van der Waals surface area (Å²) in [5.41, 5.74) is 0.462. The van der Waals surface area contributed by atoms with E-state index in [2.05, 4.69) is 15.9 Å². The van der Waals surface area contributed by atoms with Crippen molar-refractivity contribution in [3.63, 3.8) is 0 Å². The highest BCUT2D eigenvalue weighted by atomic mass is 79.9. The molecule has 0 radical (unpaired) electrons. The summed E-state index contributed by atoms with van der Waals surface area (Å²) in [6.07, 6.45) is 0. The average molecular weight is 299 g/mol. The first-order valence-corrected chi connectivity index (χ1v) is 5.77. The van der Waals surface area contributed by atoms with Crippen LogP contribution >= 0.6 is 15.9 Å². The standard InChI is InChI=1S/C13H9BrF2O/c14-11-7-10(15)5-6-13(11)17-8-9-3-1-2-4-12(9)16/h1-7H,8H2. The number of hydrogen-bond acceptors (Lipinski definition) is 1. The molecule has 0 atom stereocenters. The van der Waals surface area contributed by atoms with Crippen LogP contribution in [-0.4, -0.2) is 0 Å². The van der Waals surface area contributed by atoms with Crippen LogP contribution in [0.25, 0.3) is 0 Å². The van der Waals surface area contributed by atoms with Gasteiger partial charge in [-0.2, -0.15) is 0 Å². The molecule has 0 aromatic heterocycles. The highest BCUT2D eigenvalue weighted by Crippen LogP contribution is 2.26. The highest BCUT2D eigenvalue weighted by Gasteiger charge is 2.05. The molecule has 2 rings (SSSR count). The van der Waals surface area contributed by atoms with E-state index in [1.165, 1.54) is 24.3 Å². The number of halogens is 3. The lowest BCUT2D eigenvalue weighted by molar-refractivity contribution is 0.297. The van der Waals surface area contributed by atoms with E-state index >= 15 is 0 Å². The van der Waals surface area contributed by atoms with Gasteiger partial charge in [0.1, 0.15) is 24.0 Å². The van der Waals surface area contributed by atoms with Crippen LogP contribution in [0.15, 0.2) is 46.9 Å². The highest BCUT2D eigenvalue weighted by molar-refractivity contribution is 9.10. The Kier molecular flexibility index (Phi) is 3.74. The Labute approximate surface area is 106 Å². The first-order chi connectivity index (χ1) is 8.16. The molecule has 0 saturated heterocycles. The van der Waals surface area contributed by atoms with Gasteiger partial charge in [-0.15, -0.1) is 0 Å².